The quantitative estimate of drug-likeness (QED) is 0.668. The largest absolute Gasteiger partial charge is 0.508 e. The van der Waals surface area contributed by atoms with E-state index >= 15 is 0 Å². The number of carboxylic acid groups (broad SMARTS) is 1. The number of aliphatic carboxylic acids is 1. The van der Waals surface area contributed by atoms with Crippen LogP contribution in [0.15, 0.2) is 18.2 Å². The lowest BCUT2D eigenvalue weighted by atomic mass is 10.0. The highest BCUT2D eigenvalue weighted by atomic mass is 16.4. The van der Waals surface area contributed by atoms with Crippen molar-refractivity contribution in [2.24, 2.45) is 11.3 Å². The van der Waals surface area contributed by atoms with Gasteiger partial charge >= 0.3 is 5.97 Å². The van der Waals surface area contributed by atoms with Gasteiger partial charge in [0.2, 0.25) is 0 Å². The normalized spacial score (nSPS) is 26.4. The van der Waals surface area contributed by atoms with Crippen molar-refractivity contribution in [1.82, 2.24) is 0 Å². The fourth-order valence-electron chi connectivity index (χ4n) is 2.47. The van der Waals surface area contributed by atoms with Crippen molar-refractivity contribution in [1.29, 1.82) is 0 Å². The first kappa shape index (κ1) is 10.8. The second-order valence-electron chi connectivity index (χ2n) is 4.86. The molecule has 1 saturated carbocycles. The zero-order chi connectivity index (χ0) is 12.1. The fourth-order valence-corrected chi connectivity index (χ4v) is 2.47. The van der Waals surface area contributed by atoms with Gasteiger partial charge in [0.1, 0.15) is 11.5 Å². The topological polar surface area (TPSA) is 77.8 Å². The molecule has 16 heavy (non-hydrogen) atoms. The molecule has 1 fully saturated rings. The summed E-state index contributed by atoms with van der Waals surface area (Å²) in [5.41, 5.74) is 0.134. The van der Waals surface area contributed by atoms with Crippen molar-refractivity contribution < 1.29 is 20.1 Å². The molecular formula is C12H14O4. The van der Waals surface area contributed by atoms with Crippen molar-refractivity contribution in [2.75, 3.05) is 0 Å². The molecule has 2 rings (SSSR count). The number of carboxylic acids is 1. The molecule has 0 aliphatic heterocycles. The predicted molar refractivity (Wildman–Crippen MR) is 57.4 cm³/mol. The third kappa shape index (κ3) is 1.41. The van der Waals surface area contributed by atoms with Gasteiger partial charge in [-0.1, -0.05) is 13.8 Å². The van der Waals surface area contributed by atoms with Crippen LogP contribution < -0.4 is 0 Å². The van der Waals surface area contributed by atoms with Crippen molar-refractivity contribution >= 4 is 5.97 Å². The molecule has 0 spiro atoms. The van der Waals surface area contributed by atoms with Gasteiger partial charge in [-0.15, -0.1) is 0 Å². The minimum Gasteiger partial charge on any atom is -0.508 e. The van der Waals surface area contributed by atoms with Crippen LogP contribution in [-0.4, -0.2) is 21.3 Å². The molecule has 3 N–H and O–H groups in total. The Balaban J connectivity index is 2.40. The van der Waals surface area contributed by atoms with E-state index in [1.807, 2.05) is 13.8 Å². The van der Waals surface area contributed by atoms with E-state index in [9.17, 15) is 15.0 Å². The first-order chi connectivity index (χ1) is 7.35. The van der Waals surface area contributed by atoms with E-state index < -0.39 is 11.9 Å². The Morgan fingerprint density at radius 3 is 2.44 bits per heavy atom. The van der Waals surface area contributed by atoms with Crippen LogP contribution >= 0.6 is 0 Å². The second-order valence-corrected chi connectivity index (χ2v) is 4.86. The maximum Gasteiger partial charge on any atom is 0.307 e. The summed E-state index contributed by atoms with van der Waals surface area (Å²) in [6.07, 6.45) is 0. The number of hydrogen-bond acceptors (Lipinski definition) is 3. The number of hydrogen-bond donors (Lipinski definition) is 3. The highest BCUT2D eigenvalue weighted by Crippen LogP contribution is 2.65. The SMILES string of the molecule is CC1(C)[C@H](C(=O)O)[C@H]1c1cc(O)ccc1O. The summed E-state index contributed by atoms with van der Waals surface area (Å²) in [5.74, 6) is -1.52. The Morgan fingerprint density at radius 1 is 1.31 bits per heavy atom. The predicted octanol–water partition coefficient (Wildman–Crippen LogP) is 1.92. The second kappa shape index (κ2) is 3.14. The van der Waals surface area contributed by atoms with Crippen molar-refractivity contribution in [3.63, 3.8) is 0 Å². The molecule has 0 heterocycles. The number of benzene rings is 1. The van der Waals surface area contributed by atoms with E-state index in [4.69, 9.17) is 5.11 Å². The highest BCUT2D eigenvalue weighted by molar-refractivity contribution is 5.78. The Hall–Kier alpha value is -1.71. The molecule has 1 aliphatic carbocycles. The van der Waals surface area contributed by atoms with Gasteiger partial charge in [0.25, 0.3) is 0 Å². The average Bonchev–Trinajstić information content (AvgIpc) is 2.73. The molecule has 0 saturated heterocycles. The zero-order valence-corrected chi connectivity index (χ0v) is 9.14. The van der Waals surface area contributed by atoms with Gasteiger partial charge in [-0.3, -0.25) is 4.79 Å². The highest BCUT2D eigenvalue weighted by Gasteiger charge is 2.63. The molecule has 0 aromatic heterocycles. The molecule has 4 nitrogen and oxygen atoms in total. The van der Waals surface area contributed by atoms with Crippen LogP contribution in [0.5, 0.6) is 11.5 Å². The van der Waals surface area contributed by atoms with Crippen LogP contribution in [0.25, 0.3) is 0 Å². The Labute approximate surface area is 93.2 Å². The molecule has 0 amide bonds. The maximum absolute atomic E-state index is 11.0. The maximum atomic E-state index is 11.0. The van der Waals surface area contributed by atoms with Crippen molar-refractivity contribution in [2.45, 2.75) is 19.8 Å². The molecule has 4 heteroatoms. The molecule has 0 unspecified atom stereocenters. The van der Waals surface area contributed by atoms with E-state index in [-0.39, 0.29) is 22.8 Å². The number of aromatic hydroxyl groups is 2. The molecule has 1 aromatic rings. The first-order valence-corrected chi connectivity index (χ1v) is 5.10. The Bertz CT molecular complexity index is 450. The van der Waals surface area contributed by atoms with Crippen molar-refractivity contribution in [3.8, 4) is 11.5 Å². The van der Waals surface area contributed by atoms with Gasteiger partial charge in [0.15, 0.2) is 0 Å². The molecule has 1 aromatic carbocycles. The smallest absolute Gasteiger partial charge is 0.307 e. The third-order valence-electron chi connectivity index (χ3n) is 3.44. The summed E-state index contributed by atoms with van der Waals surface area (Å²) in [6, 6.07) is 4.20. The summed E-state index contributed by atoms with van der Waals surface area (Å²) >= 11 is 0. The molecule has 0 radical (unpaired) electrons. The minimum absolute atomic E-state index is 0.0413. The first-order valence-electron chi connectivity index (χ1n) is 5.10. The monoisotopic (exact) mass is 222 g/mol. The summed E-state index contributed by atoms with van der Waals surface area (Å²) in [6.45, 7) is 3.69. The van der Waals surface area contributed by atoms with Gasteiger partial charge in [-0.2, -0.15) is 0 Å². The molecule has 86 valence electrons. The number of phenolic OH excluding ortho intramolecular Hbond substituents is 2. The fraction of sp³-hybridized carbons (Fsp3) is 0.417. The summed E-state index contributed by atoms with van der Waals surface area (Å²) in [5, 5.41) is 28.1. The molecular weight excluding hydrogens is 208 g/mol. The van der Waals surface area contributed by atoms with Crippen LogP contribution in [0.1, 0.15) is 25.3 Å². The molecule has 1 aliphatic rings. The van der Waals surface area contributed by atoms with E-state index in [0.29, 0.717) is 5.56 Å². The number of carbonyl (C=O) groups is 1. The van der Waals surface area contributed by atoms with E-state index in [1.165, 1.54) is 18.2 Å². The van der Waals surface area contributed by atoms with Crippen LogP contribution in [0.2, 0.25) is 0 Å². The standard InChI is InChI=1S/C12H14O4/c1-12(2)9(10(12)11(15)16)7-5-6(13)3-4-8(7)14/h3-5,9-10,13-14H,1-2H3,(H,15,16)/t9-,10+/m1/s1. The van der Waals surface area contributed by atoms with Crippen LogP contribution in [-0.2, 0) is 4.79 Å². The van der Waals surface area contributed by atoms with E-state index in [1.54, 1.807) is 0 Å². The van der Waals surface area contributed by atoms with Crippen molar-refractivity contribution in [3.05, 3.63) is 23.8 Å². The Kier molecular flexibility index (Phi) is 2.12. The molecule has 0 bridgehead atoms. The van der Waals surface area contributed by atoms with Crippen LogP contribution in [0, 0.1) is 11.3 Å². The van der Waals surface area contributed by atoms with Crippen LogP contribution in [0.4, 0.5) is 0 Å². The van der Waals surface area contributed by atoms with E-state index in [0.717, 1.165) is 0 Å². The number of phenols is 2. The van der Waals surface area contributed by atoms with Gasteiger partial charge in [-0.25, -0.2) is 0 Å². The minimum atomic E-state index is -0.863. The van der Waals surface area contributed by atoms with Gasteiger partial charge < -0.3 is 15.3 Å². The zero-order valence-electron chi connectivity index (χ0n) is 9.14. The van der Waals surface area contributed by atoms with Gasteiger partial charge in [0.05, 0.1) is 5.92 Å². The van der Waals surface area contributed by atoms with Gasteiger partial charge in [-0.05, 0) is 23.6 Å². The molecule has 2 atom stereocenters. The average molecular weight is 222 g/mol. The summed E-state index contributed by atoms with van der Waals surface area (Å²) in [7, 11) is 0. The van der Waals surface area contributed by atoms with E-state index in [2.05, 4.69) is 0 Å². The lowest BCUT2D eigenvalue weighted by molar-refractivity contribution is -0.139. The lowest BCUT2D eigenvalue weighted by Crippen LogP contribution is -2.03. The third-order valence-corrected chi connectivity index (χ3v) is 3.44. The Morgan fingerprint density at radius 2 is 1.94 bits per heavy atom. The number of rotatable bonds is 2. The van der Waals surface area contributed by atoms with Crippen LogP contribution in [0.3, 0.4) is 0 Å². The summed E-state index contributed by atoms with van der Waals surface area (Å²) in [4.78, 5) is 11.0. The van der Waals surface area contributed by atoms with Gasteiger partial charge in [0, 0.05) is 11.5 Å². The lowest BCUT2D eigenvalue weighted by Gasteiger charge is -2.06. The summed E-state index contributed by atoms with van der Waals surface area (Å²) < 4.78 is 0.